The molecule has 2 heteroatoms. The van der Waals surface area contributed by atoms with Gasteiger partial charge in [-0.2, -0.15) is 5.26 Å². The van der Waals surface area contributed by atoms with E-state index in [1.54, 1.807) is 0 Å². The van der Waals surface area contributed by atoms with Crippen molar-refractivity contribution in [1.29, 1.82) is 5.26 Å². The summed E-state index contributed by atoms with van der Waals surface area (Å²) < 4.78 is 0. The van der Waals surface area contributed by atoms with Crippen LogP contribution in [0.25, 0.3) is 49.9 Å². The molecule has 0 bridgehead atoms. The minimum Gasteiger partial charge on any atom is -0.252 e. The second-order valence-corrected chi connectivity index (χ2v) is 12.3. The van der Waals surface area contributed by atoms with E-state index in [-0.39, 0.29) is 5.92 Å². The fraction of sp³-hybridized carbons (Fsp3) is 0.0435. The lowest BCUT2D eigenvalue weighted by Gasteiger charge is -2.22. The molecule has 0 fully saturated rings. The maximum Gasteiger partial charge on any atom is 0.0991 e. The van der Waals surface area contributed by atoms with E-state index < -0.39 is 0 Å². The number of aliphatic imine (C=N–C) groups is 1. The molecular formula is C46H32N2. The summed E-state index contributed by atoms with van der Waals surface area (Å²) in [4.78, 5) is 5.19. The molecule has 0 aliphatic carbocycles. The van der Waals surface area contributed by atoms with Crippen LogP contribution in [-0.2, 0) is 0 Å². The number of nitriles is 1. The summed E-state index contributed by atoms with van der Waals surface area (Å²) in [6.45, 7) is 0. The number of benzene rings is 7. The Morgan fingerprint density at radius 2 is 1.02 bits per heavy atom. The van der Waals surface area contributed by atoms with Gasteiger partial charge in [-0.3, -0.25) is 4.99 Å². The highest BCUT2D eigenvalue weighted by Crippen LogP contribution is 2.38. The molecule has 7 aromatic rings. The van der Waals surface area contributed by atoms with E-state index >= 15 is 0 Å². The maximum absolute atomic E-state index is 9.32. The molecule has 0 saturated heterocycles. The number of nitrogens with zero attached hydrogens (tertiary/aromatic N) is 2. The van der Waals surface area contributed by atoms with E-state index in [4.69, 9.17) is 4.99 Å². The zero-order valence-electron chi connectivity index (χ0n) is 26.4. The third-order valence-electron chi connectivity index (χ3n) is 9.30. The van der Waals surface area contributed by atoms with Gasteiger partial charge in [-0.25, -0.2) is 0 Å². The first-order valence-electron chi connectivity index (χ1n) is 16.4. The van der Waals surface area contributed by atoms with Crippen LogP contribution >= 0.6 is 0 Å². The molecule has 226 valence electrons. The lowest BCUT2D eigenvalue weighted by atomic mass is 9.87. The van der Waals surface area contributed by atoms with Crippen molar-refractivity contribution in [3.8, 4) is 39.4 Å². The molecule has 7 aromatic carbocycles. The smallest absolute Gasteiger partial charge is 0.0991 e. The second-order valence-electron chi connectivity index (χ2n) is 12.3. The molecule has 0 spiro atoms. The van der Waals surface area contributed by atoms with Crippen LogP contribution in [0.1, 0.15) is 34.6 Å². The van der Waals surface area contributed by atoms with E-state index in [2.05, 4.69) is 158 Å². The van der Waals surface area contributed by atoms with Gasteiger partial charge in [0.1, 0.15) is 0 Å². The van der Waals surface area contributed by atoms with Crippen molar-refractivity contribution in [2.75, 3.05) is 0 Å². The summed E-state index contributed by atoms with van der Waals surface area (Å²) in [5, 5.41) is 11.8. The van der Waals surface area contributed by atoms with Crippen LogP contribution in [-0.4, -0.2) is 5.71 Å². The lowest BCUT2D eigenvalue weighted by molar-refractivity contribution is 0.879. The molecule has 0 radical (unpaired) electrons. The largest absolute Gasteiger partial charge is 0.252 e. The standard InChI is InChI=1S/C46H32N2/c47-31-32-10-9-15-39(28-32)34-18-20-35(21-19-34)41-26-27-42(44-17-8-7-16-43(41)44)36-22-24-38(25-23-36)46-30-40(33-11-3-1-4-12-33)29-45(48-46)37-13-5-2-6-14-37/h1-28,30,40H,29H2. The van der Waals surface area contributed by atoms with E-state index in [1.165, 1.54) is 38.6 Å². The first-order chi connectivity index (χ1) is 23.7. The lowest BCUT2D eigenvalue weighted by Crippen LogP contribution is -2.12. The Labute approximate surface area is 281 Å². The predicted molar refractivity (Wildman–Crippen MR) is 200 cm³/mol. The summed E-state index contributed by atoms with van der Waals surface area (Å²) in [6.07, 6.45) is 3.21. The van der Waals surface area contributed by atoms with Crippen molar-refractivity contribution in [2.45, 2.75) is 12.3 Å². The topological polar surface area (TPSA) is 36.1 Å². The monoisotopic (exact) mass is 612 g/mol. The van der Waals surface area contributed by atoms with Crippen LogP contribution in [0.4, 0.5) is 0 Å². The number of allylic oxidation sites excluding steroid dienone is 1. The highest BCUT2D eigenvalue weighted by molar-refractivity contribution is 6.06. The molecule has 1 atom stereocenters. The van der Waals surface area contributed by atoms with Crippen LogP contribution in [0.3, 0.4) is 0 Å². The molecule has 2 nitrogen and oxygen atoms in total. The first kappa shape index (κ1) is 29.1. The summed E-state index contributed by atoms with van der Waals surface area (Å²) in [5.74, 6) is 0.266. The fourth-order valence-electron chi connectivity index (χ4n) is 6.81. The van der Waals surface area contributed by atoms with Gasteiger partial charge in [-0.05, 0) is 73.0 Å². The van der Waals surface area contributed by atoms with Crippen molar-refractivity contribution in [3.63, 3.8) is 0 Å². The van der Waals surface area contributed by atoms with Crippen LogP contribution in [0.15, 0.2) is 181 Å². The van der Waals surface area contributed by atoms with Crippen molar-refractivity contribution < 1.29 is 0 Å². The Kier molecular flexibility index (Phi) is 7.79. The summed E-state index contributed by atoms with van der Waals surface area (Å²) >= 11 is 0. The quantitative estimate of drug-likeness (QED) is 0.184. The number of hydrogen-bond donors (Lipinski definition) is 0. The Morgan fingerprint density at radius 3 is 1.65 bits per heavy atom. The normalized spacial score (nSPS) is 14.2. The van der Waals surface area contributed by atoms with Crippen LogP contribution in [0.5, 0.6) is 0 Å². The molecular weight excluding hydrogens is 581 g/mol. The Bertz CT molecular complexity index is 2340. The van der Waals surface area contributed by atoms with E-state index in [9.17, 15) is 5.26 Å². The average Bonchev–Trinajstić information content (AvgIpc) is 3.18. The summed E-state index contributed by atoms with van der Waals surface area (Å²) in [5.41, 5.74) is 13.3. The molecule has 0 aromatic heterocycles. The van der Waals surface area contributed by atoms with Crippen molar-refractivity contribution >= 4 is 22.2 Å². The molecule has 8 rings (SSSR count). The average molecular weight is 613 g/mol. The fourth-order valence-corrected chi connectivity index (χ4v) is 6.81. The van der Waals surface area contributed by atoms with Gasteiger partial charge >= 0.3 is 0 Å². The Hall–Kier alpha value is -6.30. The van der Waals surface area contributed by atoms with Gasteiger partial charge in [0.05, 0.1) is 17.3 Å². The van der Waals surface area contributed by atoms with Crippen molar-refractivity contribution in [1.82, 2.24) is 0 Å². The van der Waals surface area contributed by atoms with Gasteiger partial charge in [-0.1, -0.05) is 164 Å². The van der Waals surface area contributed by atoms with Gasteiger partial charge in [0.15, 0.2) is 0 Å². The van der Waals surface area contributed by atoms with E-state index in [1.807, 2.05) is 24.3 Å². The zero-order valence-corrected chi connectivity index (χ0v) is 26.4. The molecule has 1 unspecified atom stereocenters. The van der Waals surface area contributed by atoms with Gasteiger partial charge in [0, 0.05) is 18.1 Å². The van der Waals surface area contributed by atoms with Gasteiger partial charge in [0.25, 0.3) is 0 Å². The number of fused-ring (bicyclic) bond motifs is 1. The minimum atomic E-state index is 0.266. The molecule has 0 N–H and O–H groups in total. The number of hydrogen-bond acceptors (Lipinski definition) is 2. The molecule has 1 aliphatic heterocycles. The van der Waals surface area contributed by atoms with Gasteiger partial charge < -0.3 is 0 Å². The predicted octanol–water partition coefficient (Wildman–Crippen LogP) is 11.7. The Morgan fingerprint density at radius 1 is 0.479 bits per heavy atom. The molecule has 0 amide bonds. The van der Waals surface area contributed by atoms with Crippen molar-refractivity contribution in [2.24, 2.45) is 4.99 Å². The second kappa shape index (κ2) is 12.8. The maximum atomic E-state index is 9.32. The first-order valence-corrected chi connectivity index (χ1v) is 16.4. The molecule has 1 aliphatic rings. The highest BCUT2D eigenvalue weighted by atomic mass is 14.8. The van der Waals surface area contributed by atoms with Crippen LogP contribution < -0.4 is 0 Å². The zero-order chi connectivity index (χ0) is 32.3. The van der Waals surface area contributed by atoms with Crippen LogP contribution in [0, 0.1) is 11.3 Å². The highest BCUT2D eigenvalue weighted by Gasteiger charge is 2.21. The third kappa shape index (κ3) is 5.75. The molecule has 48 heavy (non-hydrogen) atoms. The number of rotatable bonds is 6. The third-order valence-corrected chi connectivity index (χ3v) is 9.30. The van der Waals surface area contributed by atoms with E-state index in [0.717, 1.165) is 40.1 Å². The molecule has 0 saturated carbocycles. The van der Waals surface area contributed by atoms with Crippen LogP contribution in [0.2, 0.25) is 0 Å². The van der Waals surface area contributed by atoms with Crippen molar-refractivity contribution in [3.05, 3.63) is 198 Å². The van der Waals surface area contributed by atoms with Gasteiger partial charge in [-0.15, -0.1) is 0 Å². The molecule has 1 heterocycles. The summed E-state index contributed by atoms with van der Waals surface area (Å²) in [6, 6.07) is 61.9. The minimum absolute atomic E-state index is 0.266. The summed E-state index contributed by atoms with van der Waals surface area (Å²) in [7, 11) is 0. The van der Waals surface area contributed by atoms with E-state index in [0.29, 0.717) is 5.56 Å². The SMILES string of the molecule is N#Cc1cccc(-c2ccc(-c3ccc(-c4ccc(C5=CC(c6ccccc6)CC(c6ccccc6)=N5)cc4)c4ccccc34)cc2)c1. The van der Waals surface area contributed by atoms with Gasteiger partial charge in [0.2, 0.25) is 0 Å². The Balaban J connectivity index is 1.13.